The minimum absolute atomic E-state index is 0.239. The van der Waals surface area contributed by atoms with Gasteiger partial charge in [-0.2, -0.15) is 0 Å². The summed E-state index contributed by atoms with van der Waals surface area (Å²) in [7, 11) is 0. The predicted octanol–water partition coefficient (Wildman–Crippen LogP) is 5.96. The summed E-state index contributed by atoms with van der Waals surface area (Å²) in [4.78, 5) is 17.0. The summed E-state index contributed by atoms with van der Waals surface area (Å²) in [6, 6.07) is 5.65. The molecule has 0 radical (unpaired) electrons. The number of anilines is 1. The first kappa shape index (κ1) is 24.1. The van der Waals surface area contributed by atoms with E-state index in [1.807, 2.05) is 64.1 Å². The van der Waals surface area contributed by atoms with Crippen molar-refractivity contribution in [2.75, 3.05) is 11.9 Å². The molecule has 5 heteroatoms. The lowest BCUT2D eigenvalue weighted by Crippen LogP contribution is -2.16. The lowest BCUT2D eigenvalue weighted by atomic mass is 10.00. The monoisotopic (exact) mass is 395 g/mol. The molecular formula is C24H33N3O2. The van der Waals surface area contributed by atoms with Gasteiger partial charge in [-0.15, -0.1) is 0 Å². The zero-order valence-corrected chi connectivity index (χ0v) is 18.4. The molecule has 0 aliphatic rings. The van der Waals surface area contributed by atoms with Crippen molar-refractivity contribution in [3.8, 4) is 0 Å². The maximum absolute atomic E-state index is 12.6. The van der Waals surface area contributed by atoms with Gasteiger partial charge in [0.2, 0.25) is 0 Å². The fraction of sp³-hybridized carbons (Fsp3) is 0.375. The third kappa shape index (κ3) is 7.90. The molecule has 0 aromatic heterocycles. The molecule has 0 bridgehead atoms. The molecule has 0 spiro atoms. The fourth-order valence-electron chi connectivity index (χ4n) is 2.59. The number of benzene rings is 1. The summed E-state index contributed by atoms with van der Waals surface area (Å²) in [6.07, 6.45) is 8.73. The number of rotatable bonds is 10. The van der Waals surface area contributed by atoms with E-state index < -0.39 is 0 Å². The van der Waals surface area contributed by atoms with Crippen molar-refractivity contribution in [1.82, 2.24) is 0 Å². The van der Waals surface area contributed by atoms with Gasteiger partial charge in [-0.3, -0.25) is 9.79 Å². The highest BCUT2D eigenvalue weighted by molar-refractivity contribution is 6.10. The minimum Gasteiger partial charge on any atom is -0.494 e. The van der Waals surface area contributed by atoms with Crippen molar-refractivity contribution in [2.24, 2.45) is 4.99 Å². The van der Waals surface area contributed by atoms with Gasteiger partial charge in [-0.05, 0) is 58.2 Å². The first-order valence-electron chi connectivity index (χ1n) is 10.0. The molecule has 0 atom stereocenters. The number of amides is 1. The molecule has 1 rings (SSSR count). The van der Waals surface area contributed by atoms with E-state index >= 15 is 0 Å². The van der Waals surface area contributed by atoms with Crippen LogP contribution in [0.4, 0.5) is 5.69 Å². The number of aryl methyl sites for hydroxylation is 1. The molecule has 156 valence electrons. The largest absolute Gasteiger partial charge is 0.494 e. The van der Waals surface area contributed by atoms with Gasteiger partial charge in [0.15, 0.2) is 0 Å². The van der Waals surface area contributed by atoms with Crippen molar-refractivity contribution in [2.45, 2.75) is 54.4 Å². The number of aliphatic imine (C=N–C) groups is 1. The van der Waals surface area contributed by atoms with Crippen LogP contribution in [0, 0.1) is 12.3 Å². The molecule has 1 aromatic rings. The van der Waals surface area contributed by atoms with E-state index in [0.717, 1.165) is 29.0 Å². The van der Waals surface area contributed by atoms with Gasteiger partial charge in [-0.25, -0.2) is 0 Å². The molecule has 0 unspecified atom stereocenters. The number of allylic oxidation sites excluding steroid dienone is 3. The molecule has 0 aliphatic heterocycles. The van der Waals surface area contributed by atoms with Crippen LogP contribution in [0.25, 0.3) is 0 Å². The van der Waals surface area contributed by atoms with Gasteiger partial charge in [0.25, 0.3) is 5.91 Å². The zero-order valence-electron chi connectivity index (χ0n) is 18.4. The summed E-state index contributed by atoms with van der Waals surface area (Å²) in [5.41, 5.74) is 4.13. The number of nitrogens with one attached hydrogen (secondary N) is 2. The quantitative estimate of drug-likeness (QED) is 0.222. The molecule has 1 aromatic carbocycles. The first-order valence-corrected chi connectivity index (χ1v) is 10.0. The Balaban J connectivity index is 2.99. The maximum Gasteiger partial charge on any atom is 0.252 e. The van der Waals surface area contributed by atoms with E-state index in [1.54, 1.807) is 13.1 Å². The fourth-order valence-corrected chi connectivity index (χ4v) is 2.59. The summed E-state index contributed by atoms with van der Waals surface area (Å²) in [6.45, 7) is 12.1. The Labute approximate surface area is 174 Å². The van der Waals surface area contributed by atoms with Gasteiger partial charge in [0.05, 0.1) is 12.3 Å². The van der Waals surface area contributed by atoms with Gasteiger partial charge >= 0.3 is 0 Å². The Kier molecular flexibility index (Phi) is 10.4. The number of carbonyl (C=O) groups excluding carboxylic acids is 1. The average molecular weight is 396 g/mol. The van der Waals surface area contributed by atoms with Gasteiger partial charge < -0.3 is 15.5 Å². The zero-order chi connectivity index (χ0) is 21.8. The number of hydrogen-bond donors (Lipinski definition) is 2. The standard InChI is InChI=1S/C24H33N3O2/c1-7-11-20(29-14-8-2)15-19(6)26-16-18(5)24(28)27-22-13-10-12-17(4)23(22)21(25)9-3/h7,10-13,15-16,25H,8-9,14H2,1-6H3,(H,27,28). The molecule has 2 N–H and O–H groups in total. The van der Waals surface area contributed by atoms with E-state index in [-0.39, 0.29) is 5.91 Å². The normalized spacial score (nSPS) is 13.0. The van der Waals surface area contributed by atoms with Crippen LogP contribution in [0.2, 0.25) is 0 Å². The Morgan fingerprint density at radius 2 is 2.00 bits per heavy atom. The highest BCUT2D eigenvalue weighted by atomic mass is 16.5. The number of hydrogen-bond acceptors (Lipinski definition) is 4. The van der Waals surface area contributed by atoms with Crippen LogP contribution in [-0.2, 0) is 9.53 Å². The summed E-state index contributed by atoms with van der Waals surface area (Å²) < 4.78 is 5.67. The topological polar surface area (TPSA) is 74.5 Å². The van der Waals surface area contributed by atoms with Crippen molar-refractivity contribution in [3.05, 3.63) is 65.1 Å². The second-order valence-corrected chi connectivity index (χ2v) is 6.76. The smallest absolute Gasteiger partial charge is 0.252 e. The molecule has 0 heterocycles. The lowest BCUT2D eigenvalue weighted by molar-refractivity contribution is -0.112. The maximum atomic E-state index is 12.6. The first-order chi connectivity index (χ1) is 13.8. The van der Waals surface area contributed by atoms with E-state index in [9.17, 15) is 4.79 Å². The lowest BCUT2D eigenvalue weighted by Gasteiger charge is -2.14. The van der Waals surface area contributed by atoms with Crippen molar-refractivity contribution < 1.29 is 9.53 Å². The van der Waals surface area contributed by atoms with Crippen LogP contribution in [-0.4, -0.2) is 23.9 Å². The second-order valence-electron chi connectivity index (χ2n) is 6.76. The minimum atomic E-state index is -0.239. The summed E-state index contributed by atoms with van der Waals surface area (Å²) >= 11 is 0. The highest BCUT2D eigenvalue weighted by Gasteiger charge is 2.13. The van der Waals surface area contributed by atoms with Crippen LogP contribution in [0.3, 0.4) is 0 Å². The third-order valence-electron chi connectivity index (χ3n) is 4.15. The molecule has 0 saturated carbocycles. The van der Waals surface area contributed by atoms with Crippen LogP contribution >= 0.6 is 0 Å². The molecule has 0 saturated heterocycles. The molecular weight excluding hydrogens is 362 g/mol. The van der Waals surface area contributed by atoms with Crippen LogP contribution in [0.15, 0.2) is 59.0 Å². The van der Waals surface area contributed by atoms with Crippen molar-refractivity contribution in [3.63, 3.8) is 0 Å². The van der Waals surface area contributed by atoms with Gasteiger partial charge in [-0.1, -0.05) is 32.1 Å². The van der Waals surface area contributed by atoms with E-state index in [4.69, 9.17) is 10.1 Å². The van der Waals surface area contributed by atoms with Crippen LogP contribution in [0.1, 0.15) is 58.6 Å². The van der Waals surface area contributed by atoms with Gasteiger partial charge in [0.1, 0.15) is 5.76 Å². The molecule has 29 heavy (non-hydrogen) atoms. The SMILES string of the molecule is CC=CC(=CC(C)=NC=C(C)C(=O)Nc1cccc(C)c1C(=N)CC)OCCC. The molecule has 5 nitrogen and oxygen atoms in total. The van der Waals surface area contributed by atoms with Crippen molar-refractivity contribution in [1.29, 1.82) is 5.41 Å². The average Bonchev–Trinajstić information content (AvgIpc) is 2.69. The molecule has 0 aliphatic carbocycles. The third-order valence-corrected chi connectivity index (χ3v) is 4.15. The number of ether oxygens (including phenoxy) is 1. The summed E-state index contributed by atoms with van der Waals surface area (Å²) in [5, 5.41) is 11.1. The second kappa shape index (κ2) is 12.5. The molecule has 0 fully saturated rings. The van der Waals surface area contributed by atoms with E-state index in [1.165, 1.54) is 0 Å². The highest BCUT2D eigenvalue weighted by Crippen LogP contribution is 2.22. The predicted molar refractivity (Wildman–Crippen MR) is 123 cm³/mol. The number of nitrogens with zero attached hydrogens (tertiary/aromatic N) is 1. The van der Waals surface area contributed by atoms with E-state index in [0.29, 0.717) is 30.0 Å². The van der Waals surface area contributed by atoms with Crippen molar-refractivity contribution >= 4 is 23.0 Å². The van der Waals surface area contributed by atoms with Gasteiger partial charge in [0, 0.05) is 34.8 Å². The Bertz CT molecular complexity index is 846. The number of carbonyl (C=O) groups is 1. The molecule has 1 amide bonds. The Hall–Kier alpha value is -2.95. The van der Waals surface area contributed by atoms with E-state index in [2.05, 4.69) is 17.2 Å². The van der Waals surface area contributed by atoms with Crippen LogP contribution in [0.5, 0.6) is 0 Å². The summed E-state index contributed by atoms with van der Waals surface area (Å²) in [5.74, 6) is 0.505. The Morgan fingerprint density at radius 3 is 2.62 bits per heavy atom. The Morgan fingerprint density at radius 1 is 1.28 bits per heavy atom. The van der Waals surface area contributed by atoms with Crippen LogP contribution < -0.4 is 5.32 Å².